The zero-order valence-electron chi connectivity index (χ0n) is 12.8. The van der Waals surface area contributed by atoms with Gasteiger partial charge in [0.15, 0.2) is 0 Å². The summed E-state index contributed by atoms with van der Waals surface area (Å²) >= 11 is 0. The number of anilines is 1. The van der Waals surface area contributed by atoms with Crippen LogP contribution in [0.5, 0.6) is 5.88 Å². The lowest BCUT2D eigenvalue weighted by molar-refractivity contribution is -0.145. The largest absolute Gasteiger partial charge is 0.478 e. The van der Waals surface area contributed by atoms with Crippen molar-refractivity contribution in [3.05, 3.63) is 11.9 Å². The van der Waals surface area contributed by atoms with Gasteiger partial charge in [0.25, 0.3) is 0 Å². The zero-order chi connectivity index (χ0) is 15.2. The van der Waals surface area contributed by atoms with Crippen molar-refractivity contribution >= 4 is 11.8 Å². The summed E-state index contributed by atoms with van der Waals surface area (Å²) in [4.78, 5) is 20.3. The number of nitrogens with one attached hydrogen (secondary N) is 1. The first-order chi connectivity index (χ1) is 9.48. The Labute approximate surface area is 119 Å². The van der Waals surface area contributed by atoms with E-state index in [1.165, 1.54) is 13.4 Å². The Bertz CT molecular complexity index is 465. The summed E-state index contributed by atoms with van der Waals surface area (Å²) in [6.45, 7) is 8.10. The summed E-state index contributed by atoms with van der Waals surface area (Å²) in [5.41, 5.74) is -0.0351. The maximum Gasteiger partial charge on any atom is 0.331 e. The third-order valence-electron chi connectivity index (χ3n) is 3.10. The molecule has 0 aliphatic rings. The Hall–Kier alpha value is -1.85. The highest BCUT2D eigenvalue weighted by molar-refractivity contribution is 5.83. The van der Waals surface area contributed by atoms with E-state index in [9.17, 15) is 4.79 Å². The third-order valence-corrected chi connectivity index (χ3v) is 3.10. The molecular formula is C14H23N3O3. The number of nitrogens with zero attached hydrogens (tertiary/aromatic N) is 2. The minimum absolute atomic E-state index is 0.310. The van der Waals surface area contributed by atoms with Crippen LogP contribution in [0.1, 0.15) is 39.2 Å². The van der Waals surface area contributed by atoms with Crippen LogP contribution in [-0.4, -0.2) is 35.2 Å². The lowest BCUT2D eigenvalue weighted by Crippen LogP contribution is -2.44. The first-order valence-corrected chi connectivity index (χ1v) is 6.79. The van der Waals surface area contributed by atoms with Crippen molar-refractivity contribution in [1.29, 1.82) is 0 Å². The standard InChI is InChI=1S/C14H23N3O3/c1-6-8-14(4,13(18)19-5)17-11-10(3)12(20-7-2)16-9-15-11/h9H,6-8H2,1-5H3,(H,15,16,17). The van der Waals surface area contributed by atoms with Gasteiger partial charge >= 0.3 is 5.97 Å². The Morgan fingerprint density at radius 2 is 2.10 bits per heavy atom. The van der Waals surface area contributed by atoms with Crippen molar-refractivity contribution in [2.45, 2.75) is 46.1 Å². The molecule has 1 aromatic rings. The smallest absolute Gasteiger partial charge is 0.331 e. The van der Waals surface area contributed by atoms with E-state index < -0.39 is 5.54 Å². The summed E-state index contributed by atoms with van der Waals surface area (Å²) in [6, 6.07) is 0. The van der Waals surface area contributed by atoms with Crippen molar-refractivity contribution in [2.75, 3.05) is 19.0 Å². The van der Waals surface area contributed by atoms with E-state index in [0.717, 1.165) is 12.0 Å². The summed E-state index contributed by atoms with van der Waals surface area (Å²) in [5, 5.41) is 3.17. The van der Waals surface area contributed by atoms with E-state index in [4.69, 9.17) is 9.47 Å². The fourth-order valence-electron chi connectivity index (χ4n) is 2.04. The maximum absolute atomic E-state index is 12.0. The molecule has 1 atom stereocenters. The predicted octanol–water partition coefficient (Wildman–Crippen LogP) is 2.33. The summed E-state index contributed by atoms with van der Waals surface area (Å²) < 4.78 is 10.3. The number of esters is 1. The average Bonchev–Trinajstić information content (AvgIpc) is 2.43. The first kappa shape index (κ1) is 16.2. The number of carbonyl (C=O) groups excluding carboxylic acids is 1. The van der Waals surface area contributed by atoms with Gasteiger partial charge < -0.3 is 14.8 Å². The fraction of sp³-hybridized carbons (Fsp3) is 0.643. The number of aromatic nitrogens is 2. The van der Waals surface area contributed by atoms with Gasteiger partial charge in [-0.05, 0) is 27.2 Å². The molecule has 1 rings (SSSR count). The van der Waals surface area contributed by atoms with Gasteiger partial charge in [-0.15, -0.1) is 0 Å². The molecule has 0 saturated carbocycles. The highest BCUT2D eigenvalue weighted by Gasteiger charge is 2.34. The van der Waals surface area contributed by atoms with E-state index >= 15 is 0 Å². The first-order valence-electron chi connectivity index (χ1n) is 6.79. The minimum Gasteiger partial charge on any atom is -0.478 e. The molecule has 0 aliphatic heterocycles. The number of ether oxygens (including phenoxy) is 2. The van der Waals surface area contributed by atoms with Crippen LogP contribution in [0.3, 0.4) is 0 Å². The van der Waals surface area contributed by atoms with E-state index in [0.29, 0.717) is 24.7 Å². The molecule has 1 aromatic heterocycles. The second kappa shape index (κ2) is 7.07. The molecule has 20 heavy (non-hydrogen) atoms. The van der Waals surface area contributed by atoms with Gasteiger partial charge in [-0.2, -0.15) is 0 Å². The van der Waals surface area contributed by atoms with Gasteiger partial charge in [-0.1, -0.05) is 13.3 Å². The molecule has 1 unspecified atom stereocenters. The van der Waals surface area contributed by atoms with Crippen LogP contribution in [-0.2, 0) is 9.53 Å². The molecular weight excluding hydrogens is 258 g/mol. The van der Waals surface area contributed by atoms with Crippen LogP contribution >= 0.6 is 0 Å². The third kappa shape index (κ3) is 3.59. The van der Waals surface area contributed by atoms with Crippen LogP contribution in [0, 0.1) is 6.92 Å². The second-order valence-corrected chi connectivity index (χ2v) is 4.78. The van der Waals surface area contributed by atoms with Gasteiger partial charge in [0.1, 0.15) is 17.7 Å². The summed E-state index contributed by atoms with van der Waals surface area (Å²) in [5.74, 6) is 0.800. The quantitative estimate of drug-likeness (QED) is 0.773. The Morgan fingerprint density at radius 3 is 2.65 bits per heavy atom. The molecule has 0 fully saturated rings. The SMILES string of the molecule is CCCC(C)(Nc1ncnc(OCC)c1C)C(=O)OC. The topological polar surface area (TPSA) is 73.3 Å². The van der Waals surface area contributed by atoms with E-state index in [1.807, 2.05) is 27.7 Å². The van der Waals surface area contributed by atoms with Gasteiger partial charge in [0.05, 0.1) is 19.3 Å². The van der Waals surface area contributed by atoms with E-state index in [-0.39, 0.29) is 5.97 Å². The summed E-state index contributed by atoms with van der Waals surface area (Å²) in [7, 11) is 1.39. The molecule has 6 nitrogen and oxygen atoms in total. The molecule has 0 amide bonds. The van der Waals surface area contributed by atoms with Crippen LogP contribution in [0.25, 0.3) is 0 Å². The number of rotatable bonds is 7. The average molecular weight is 281 g/mol. The number of carbonyl (C=O) groups is 1. The molecule has 0 radical (unpaired) electrons. The van der Waals surface area contributed by atoms with Crippen LogP contribution < -0.4 is 10.1 Å². The van der Waals surface area contributed by atoms with Crippen LogP contribution in [0.2, 0.25) is 0 Å². The lowest BCUT2D eigenvalue weighted by atomic mass is 9.96. The highest BCUT2D eigenvalue weighted by atomic mass is 16.5. The van der Waals surface area contributed by atoms with Crippen molar-refractivity contribution in [3.63, 3.8) is 0 Å². The van der Waals surface area contributed by atoms with Crippen LogP contribution in [0.4, 0.5) is 5.82 Å². The van der Waals surface area contributed by atoms with Crippen LogP contribution in [0.15, 0.2) is 6.33 Å². The Morgan fingerprint density at radius 1 is 1.40 bits per heavy atom. The number of hydrogen-bond donors (Lipinski definition) is 1. The molecule has 0 spiro atoms. The maximum atomic E-state index is 12.0. The molecule has 6 heteroatoms. The molecule has 1 N–H and O–H groups in total. The second-order valence-electron chi connectivity index (χ2n) is 4.78. The molecule has 1 heterocycles. The lowest BCUT2D eigenvalue weighted by Gasteiger charge is -2.28. The van der Waals surface area contributed by atoms with E-state index in [1.54, 1.807) is 0 Å². The molecule has 0 bridgehead atoms. The molecule has 0 saturated heterocycles. The van der Waals surface area contributed by atoms with Crippen molar-refractivity contribution < 1.29 is 14.3 Å². The Balaban J connectivity index is 3.05. The summed E-state index contributed by atoms with van der Waals surface area (Å²) in [6.07, 6.45) is 2.91. The van der Waals surface area contributed by atoms with Gasteiger partial charge in [-0.3, -0.25) is 0 Å². The van der Waals surface area contributed by atoms with Gasteiger partial charge in [0.2, 0.25) is 5.88 Å². The predicted molar refractivity (Wildman–Crippen MR) is 76.9 cm³/mol. The number of methoxy groups -OCH3 is 1. The zero-order valence-corrected chi connectivity index (χ0v) is 12.8. The number of hydrogen-bond acceptors (Lipinski definition) is 6. The van der Waals surface area contributed by atoms with Gasteiger partial charge in [-0.25, -0.2) is 14.8 Å². The normalized spacial score (nSPS) is 13.4. The van der Waals surface area contributed by atoms with Crippen molar-refractivity contribution in [1.82, 2.24) is 9.97 Å². The molecule has 0 aliphatic carbocycles. The molecule has 0 aromatic carbocycles. The van der Waals surface area contributed by atoms with Crippen molar-refractivity contribution in [3.8, 4) is 5.88 Å². The minimum atomic E-state index is -0.813. The fourth-order valence-corrected chi connectivity index (χ4v) is 2.04. The van der Waals surface area contributed by atoms with Gasteiger partial charge in [0, 0.05) is 0 Å². The molecule has 112 valence electrons. The van der Waals surface area contributed by atoms with E-state index in [2.05, 4.69) is 15.3 Å². The Kier molecular flexibility index (Phi) is 5.73. The highest BCUT2D eigenvalue weighted by Crippen LogP contribution is 2.26. The monoisotopic (exact) mass is 281 g/mol. The van der Waals surface area contributed by atoms with Crippen molar-refractivity contribution in [2.24, 2.45) is 0 Å².